The smallest absolute Gasteiger partial charge is 0.321 e. The molecule has 0 saturated heterocycles. The molecule has 0 atom stereocenters. The number of benzene rings is 1. The number of nitrogens with zero attached hydrogens (tertiary/aromatic N) is 1. The number of anilines is 1. The number of nitrogens with one attached hydrogen (secondary N) is 1. The van der Waals surface area contributed by atoms with Crippen molar-refractivity contribution in [3.63, 3.8) is 0 Å². The number of carbonyl (C=O) groups excluding carboxylic acids is 1. The van der Waals surface area contributed by atoms with Crippen LogP contribution in [0.3, 0.4) is 0 Å². The highest BCUT2D eigenvalue weighted by Gasteiger charge is 2.12. The van der Waals surface area contributed by atoms with Crippen LogP contribution in [0.5, 0.6) is 0 Å². The van der Waals surface area contributed by atoms with Gasteiger partial charge in [-0.25, -0.2) is 4.79 Å². The van der Waals surface area contributed by atoms with Crippen molar-refractivity contribution in [3.05, 3.63) is 51.2 Å². The fraction of sp³-hybridized carbons (Fsp3) is 0.214. The van der Waals surface area contributed by atoms with Gasteiger partial charge in [0.1, 0.15) is 0 Å². The van der Waals surface area contributed by atoms with Crippen molar-refractivity contribution in [1.29, 1.82) is 0 Å². The van der Waals surface area contributed by atoms with Crippen LogP contribution in [-0.2, 0) is 6.54 Å². The minimum Gasteiger partial charge on any atom is -0.322 e. The van der Waals surface area contributed by atoms with Gasteiger partial charge in [0.25, 0.3) is 0 Å². The monoisotopic (exact) mass is 294 g/mol. The molecule has 2 amide bonds. The van der Waals surface area contributed by atoms with E-state index in [0.717, 1.165) is 0 Å². The number of aryl methyl sites for hydroxylation is 1. The maximum Gasteiger partial charge on any atom is 0.321 e. The molecule has 19 heavy (non-hydrogen) atoms. The van der Waals surface area contributed by atoms with E-state index >= 15 is 0 Å². The minimum atomic E-state index is -0.166. The van der Waals surface area contributed by atoms with Crippen LogP contribution in [-0.4, -0.2) is 18.0 Å². The molecular formula is C14H15ClN2OS. The number of hydrogen-bond donors (Lipinski definition) is 1. The van der Waals surface area contributed by atoms with Gasteiger partial charge in [0, 0.05) is 11.9 Å². The summed E-state index contributed by atoms with van der Waals surface area (Å²) in [5.41, 5.74) is 1.84. The van der Waals surface area contributed by atoms with E-state index < -0.39 is 0 Å². The molecule has 0 aliphatic carbocycles. The highest BCUT2D eigenvalue weighted by atomic mass is 35.5. The molecule has 1 aromatic carbocycles. The summed E-state index contributed by atoms with van der Waals surface area (Å²) in [6, 6.07) is 9.09. The summed E-state index contributed by atoms with van der Waals surface area (Å²) >= 11 is 7.67. The van der Waals surface area contributed by atoms with Gasteiger partial charge in [0.15, 0.2) is 0 Å². The van der Waals surface area contributed by atoms with Crippen molar-refractivity contribution >= 4 is 34.7 Å². The Morgan fingerprint density at radius 2 is 2.11 bits per heavy atom. The van der Waals surface area contributed by atoms with Gasteiger partial charge in [-0.15, -0.1) is 11.3 Å². The maximum atomic E-state index is 12.1. The lowest BCUT2D eigenvalue weighted by molar-refractivity contribution is 0.221. The molecule has 0 saturated carbocycles. The van der Waals surface area contributed by atoms with Crippen LogP contribution in [0.25, 0.3) is 0 Å². The highest BCUT2D eigenvalue weighted by molar-refractivity contribution is 7.10. The lowest BCUT2D eigenvalue weighted by Crippen LogP contribution is -2.30. The van der Waals surface area contributed by atoms with E-state index in [9.17, 15) is 4.79 Å². The van der Waals surface area contributed by atoms with Crippen molar-refractivity contribution in [2.75, 3.05) is 12.4 Å². The molecule has 100 valence electrons. The third-order valence-electron chi connectivity index (χ3n) is 2.81. The van der Waals surface area contributed by atoms with Gasteiger partial charge in [-0.3, -0.25) is 0 Å². The van der Waals surface area contributed by atoms with Gasteiger partial charge in [-0.2, -0.15) is 0 Å². The topological polar surface area (TPSA) is 32.3 Å². The van der Waals surface area contributed by atoms with Crippen LogP contribution in [0.2, 0.25) is 5.02 Å². The van der Waals surface area contributed by atoms with Crippen molar-refractivity contribution in [1.82, 2.24) is 4.90 Å². The van der Waals surface area contributed by atoms with Crippen molar-refractivity contribution in [3.8, 4) is 0 Å². The summed E-state index contributed by atoms with van der Waals surface area (Å²) in [4.78, 5) is 14.9. The molecule has 0 radical (unpaired) electrons. The van der Waals surface area contributed by atoms with Gasteiger partial charge in [0.05, 0.1) is 17.3 Å². The number of halogens is 1. The van der Waals surface area contributed by atoms with Crippen molar-refractivity contribution in [2.45, 2.75) is 13.5 Å². The number of thiophene rings is 1. The van der Waals surface area contributed by atoms with E-state index in [0.29, 0.717) is 17.3 Å². The van der Waals surface area contributed by atoms with Crippen LogP contribution in [0, 0.1) is 6.92 Å². The average molecular weight is 295 g/mol. The summed E-state index contributed by atoms with van der Waals surface area (Å²) in [5.74, 6) is 0. The maximum absolute atomic E-state index is 12.1. The zero-order valence-corrected chi connectivity index (χ0v) is 12.4. The van der Waals surface area contributed by atoms with Crippen molar-refractivity contribution in [2.24, 2.45) is 0 Å². The van der Waals surface area contributed by atoms with Gasteiger partial charge in [-0.05, 0) is 36.1 Å². The number of amides is 2. The van der Waals surface area contributed by atoms with E-state index in [-0.39, 0.29) is 6.03 Å². The predicted molar refractivity (Wildman–Crippen MR) is 81.0 cm³/mol. The Labute approximate surface area is 121 Å². The Hall–Kier alpha value is -1.52. The molecule has 2 rings (SSSR count). The standard InChI is InChI=1S/C14H15ClN2OS/c1-10-7-8-19-13(10)9-17(2)14(18)16-12-6-4-3-5-11(12)15/h3-8H,9H2,1-2H3,(H,16,18). The van der Waals surface area contributed by atoms with Gasteiger partial charge < -0.3 is 10.2 Å². The number of rotatable bonds is 3. The first-order valence-corrected chi connectivity index (χ1v) is 7.13. The second-order valence-electron chi connectivity index (χ2n) is 4.29. The van der Waals surface area contributed by atoms with Crippen molar-refractivity contribution < 1.29 is 4.79 Å². The summed E-state index contributed by atoms with van der Waals surface area (Å²) in [5, 5.41) is 5.37. The summed E-state index contributed by atoms with van der Waals surface area (Å²) in [6.07, 6.45) is 0. The van der Waals surface area contributed by atoms with Gasteiger partial charge >= 0.3 is 6.03 Å². The van der Waals surface area contributed by atoms with Gasteiger partial charge in [0.2, 0.25) is 0 Å². The summed E-state index contributed by atoms with van der Waals surface area (Å²) in [6.45, 7) is 2.64. The Balaban J connectivity index is 2.00. The second-order valence-corrected chi connectivity index (χ2v) is 5.70. The average Bonchev–Trinajstić information content (AvgIpc) is 2.78. The SMILES string of the molecule is Cc1ccsc1CN(C)C(=O)Nc1ccccc1Cl. The van der Waals surface area contributed by atoms with Gasteiger partial charge in [-0.1, -0.05) is 23.7 Å². The molecular weight excluding hydrogens is 280 g/mol. The fourth-order valence-electron chi connectivity index (χ4n) is 1.63. The lowest BCUT2D eigenvalue weighted by atomic mass is 10.3. The largest absolute Gasteiger partial charge is 0.322 e. The first kappa shape index (κ1) is 13.9. The fourth-order valence-corrected chi connectivity index (χ4v) is 2.77. The normalized spacial score (nSPS) is 10.3. The van der Waals surface area contributed by atoms with Crippen LogP contribution in [0.15, 0.2) is 35.7 Å². The Kier molecular flexibility index (Phi) is 4.45. The van der Waals surface area contributed by atoms with E-state index in [4.69, 9.17) is 11.6 Å². The quantitative estimate of drug-likeness (QED) is 0.895. The van der Waals surface area contributed by atoms with E-state index in [1.54, 1.807) is 35.4 Å². The third-order valence-corrected chi connectivity index (χ3v) is 4.15. The number of urea groups is 1. The Bertz CT molecular complexity index is 582. The first-order valence-electron chi connectivity index (χ1n) is 5.87. The lowest BCUT2D eigenvalue weighted by Gasteiger charge is -2.18. The zero-order chi connectivity index (χ0) is 13.8. The molecule has 1 heterocycles. The molecule has 5 heteroatoms. The van der Waals surface area contributed by atoms with E-state index in [1.807, 2.05) is 24.4 Å². The second kappa shape index (κ2) is 6.08. The van der Waals surface area contributed by atoms with Crippen LogP contribution >= 0.6 is 22.9 Å². The molecule has 0 aliphatic heterocycles. The zero-order valence-electron chi connectivity index (χ0n) is 10.8. The first-order chi connectivity index (χ1) is 9.08. The molecule has 0 aliphatic rings. The van der Waals surface area contributed by atoms with Crippen LogP contribution in [0.1, 0.15) is 10.4 Å². The molecule has 0 fully saturated rings. The van der Waals surface area contributed by atoms with Crippen LogP contribution < -0.4 is 5.32 Å². The summed E-state index contributed by atoms with van der Waals surface area (Å²) < 4.78 is 0. The molecule has 0 bridgehead atoms. The number of hydrogen-bond acceptors (Lipinski definition) is 2. The molecule has 0 unspecified atom stereocenters. The van der Waals surface area contributed by atoms with Crippen LogP contribution in [0.4, 0.5) is 10.5 Å². The Morgan fingerprint density at radius 3 is 2.74 bits per heavy atom. The van der Waals surface area contributed by atoms with E-state index in [2.05, 4.69) is 11.4 Å². The minimum absolute atomic E-state index is 0.166. The Morgan fingerprint density at radius 1 is 1.37 bits per heavy atom. The molecule has 0 spiro atoms. The molecule has 1 N–H and O–H groups in total. The molecule has 2 aromatic rings. The summed E-state index contributed by atoms with van der Waals surface area (Å²) in [7, 11) is 1.77. The predicted octanol–water partition coefficient (Wildman–Crippen LogP) is 4.37. The molecule has 3 nitrogen and oxygen atoms in total. The number of carbonyl (C=O) groups is 1. The highest BCUT2D eigenvalue weighted by Crippen LogP contribution is 2.21. The number of para-hydroxylation sites is 1. The third kappa shape index (κ3) is 3.49. The molecule has 1 aromatic heterocycles. The van der Waals surface area contributed by atoms with E-state index in [1.165, 1.54) is 10.4 Å².